The van der Waals surface area contributed by atoms with Gasteiger partial charge < -0.3 is 16.2 Å². The molecule has 0 atom stereocenters. The monoisotopic (exact) mass is 234 g/mol. The van der Waals surface area contributed by atoms with Gasteiger partial charge in [0.15, 0.2) is 0 Å². The predicted molar refractivity (Wildman–Crippen MR) is 64.8 cm³/mol. The van der Waals surface area contributed by atoms with Crippen LogP contribution < -0.4 is 11.1 Å². The van der Waals surface area contributed by atoms with Crippen LogP contribution in [0.2, 0.25) is 0 Å². The van der Waals surface area contributed by atoms with E-state index in [1.165, 1.54) is 23.5 Å². The molecule has 0 aliphatic carbocycles. The van der Waals surface area contributed by atoms with E-state index in [1.54, 1.807) is 17.5 Å². The van der Waals surface area contributed by atoms with E-state index in [9.17, 15) is 4.79 Å². The van der Waals surface area contributed by atoms with Gasteiger partial charge in [0.05, 0.1) is 16.9 Å². The molecule has 2 aromatic rings. The Labute approximate surface area is 96.3 Å². The first-order valence-electron chi connectivity index (χ1n) is 4.59. The number of nitrogen functional groups attached to an aromatic ring is 1. The fraction of sp³-hybridized carbons (Fsp3) is 0. The van der Waals surface area contributed by atoms with Gasteiger partial charge in [-0.1, -0.05) is 0 Å². The van der Waals surface area contributed by atoms with Gasteiger partial charge in [0, 0.05) is 11.4 Å². The molecule has 82 valence electrons. The van der Waals surface area contributed by atoms with Crippen molar-refractivity contribution in [1.29, 1.82) is 0 Å². The molecular weight excluding hydrogens is 224 g/mol. The van der Waals surface area contributed by atoms with Crippen molar-refractivity contribution in [2.45, 2.75) is 0 Å². The van der Waals surface area contributed by atoms with Gasteiger partial charge in [-0.05, 0) is 23.6 Å². The molecule has 2 rings (SSSR count). The maximum Gasteiger partial charge on any atom is 0.256 e. The maximum absolute atomic E-state index is 11.7. The number of anilines is 2. The molecule has 1 heterocycles. The summed E-state index contributed by atoms with van der Waals surface area (Å²) in [5, 5.41) is 15.4. The lowest BCUT2D eigenvalue weighted by atomic mass is 10.2. The summed E-state index contributed by atoms with van der Waals surface area (Å²) in [7, 11) is 0. The van der Waals surface area contributed by atoms with Gasteiger partial charge in [0.25, 0.3) is 5.91 Å². The molecule has 0 saturated carbocycles. The van der Waals surface area contributed by atoms with Crippen molar-refractivity contribution in [3.63, 3.8) is 0 Å². The van der Waals surface area contributed by atoms with E-state index in [0.717, 1.165) is 0 Å². The largest absolute Gasteiger partial charge is 0.508 e. The quantitative estimate of drug-likeness (QED) is 0.551. The van der Waals surface area contributed by atoms with E-state index >= 15 is 0 Å². The Morgan fingerprint density at radius 1 is 1.38 bits per heavy atom. The van der Waals surface area contributed by atoms with Gasteiger partial charge >= 0.3 is 0 Å². The zero-order valence-electron chi connectivity index (χ0n) is 8.31. The number of aromatic hydroxyl groups is 1. The molecule has 16 heavy (non-hydrogen) atoms. The molecule has 1 aromatic heterocycles. The molecule has 0 aliphatic rings. The van der Waals surface area contributed by atoms with Crippen LogP contribution in [0.5, 0.6) is 5.75 Å². The number of carbonyl (C=O) groups excluding carboxylic acids is 1. The third kappa shape index (κ3) is 2.14. The SMILES string of the molecule is Nc1cc(O)ccc1NC(=O)c1ccsc1. The second kappa shape index (κ2) is 4.24. The molecule has 1 amide bonds. The highest BCUT2D eigenvalue weighted by molar-refractivity contribution is 7.08. The zero-order valence-corrected chi connectivity index (χ0v) is 9.12. The van der Waals surface area contributed by atoms with Crippen LogP contribution in [0.4, 0.5) is 11.4 Å². The molecule has 0 fully saturated rings. The van der Waals surface area contributed by atoms with Gasteiger partial charge in [-0.25, -0.2) is 0 Å². The highest BCUT2D eigenvalue weighted by Crippen LogP contribution is 2.23. The summed E-state index contributed by atoms with van der Waals surface area (Å²) in [5.41, 5.74) is 7.08. The third-order valence-electron chi connectivity index (χ3n) is 2.07. The lowest BCUT2D eigenvalue weighted by molar-refractivity contribution is 0.102. The summed E-state index contributed by atoms with van der Waals surface area (Å²) < 4.78 is 0. The van der Waals surface area contributed by atoms with Crippen LogP contribution in [0.15, 0.2) is 35.0 Å². The Morgan fingerprint density at radius 2 is 2.19 bits per heavy atom. The first-order valence-corrected chi connectivity index (χ1v) is 5.53. The number of carbonyl (C=O) groups is 1. The number of hydrogen-bond acceptors (Lipinski definition) is 4. The number of nitrogens with one attached hydrogen (secondary N) is 1. The van der Waals surface area contributed by atoms with Gasteiger partial charge in [-0.2, -0.15) is 11.3 Å². The highest BCUT2D eigenvalue weighted by Gasteiger charge is 2.08. The number of rotatable bonds is 2. The number of thiophene rings is 1. The van der Waals surface area contributed by atoms with E-state index in [4.69, 9.17) is 10.8 Å². The molecule has 4 N–H and O–H groups in total. The molecule has 0 spiro atoms. The van der Waals surface area contributed by atoms with Crippen molar-refractivity contribution in [2.24, 2.45) is 0 Å². The number of benzene rings is 1. The zero-order chi connectivity index (χ0) is 11.5. The van der Waals surface area contributed by atoms with Gasteiger partial charge in [0.1, 0.15) is 5.75 Å². The van der Waals surface area contributed by atoms with Crippen LogP contribution in [-0.2, 0) is 0 Å². The van der Waals surface area contributed by atoms with Gasteiger partial charge in [0.2, 0.25) is 0 Å². The number of hydrogen-bond donors (Lipinski definition) is 3. The minimum Gasteiger partial charge on any atom is -0.508 e. The summed E-state index contributed by atoms with van der Waals surface area (Å²) in [6, 6.07) is 6.16. The summed E-state index contributed by atoms with van der Waals surface area (Å²) in [4.78, 5) is 11.7. The smallest absolute Gasteiger partial charge is 0.256 e. The molecule has 0 bridgehead atoms. The van der Waals surface area contributed by atoms with E-state index in [2.05, 4.69) is 5.32 Å². The molecule has 4 nitrogen and oxygen atoms in total. The van der Waals surface area contributed by atoms with E-state index < -0.39 is 0 Å². The number of phenolic OH excluding ortho intramolecular Hbond substituents is 1. The normalized spacial score (nSPS) is 10.0. The summed E-state index contributed by atoms with van der Waals surface area (Å²) in [5.74, 6) is -0.135. The highest BCUT2D eigenvalue weighted by atomic mass is 32.1. The van der Waals surface area contributed by atoms with Crippen LogP contribution in [0.25, 0.3) is 0 Å². The molecule has 0 aliphatic heterocycles. The minimum absolute atomic E-state index is 0.0750. The lowest BCUT2D eigenvalue weighted by Crippen LogP contribution is -2.12. The molecule has 5 heteroatoms. The maximum atomic E-state index is 11.7. The molecule has 0 unspecified atom stereocenters. The summed E-state index contributed by atoms with van der Waals surface area (Å²) in [6.45, 7) is 0. The first kappa shape index (κ1) is 10.5. The van der Waals surface area contributed by atoms with Crippen molar-refractivity contribution in [1.82, 2.24) is 0 Å². The van der Waals surface area contributed by atoms with Gasteiger partial charge in [-0.3, -0.25) is 4.79 Å². The standard InChI is InChI=1S/C11H10N2O2S/c12-9-5-8(14)1-2-10(9)13-11(15)7-3-4-16-6-7/h1-6,14H,12H2,(H,13,15). The van der Waals surface area contributed by atoms with Crippen molar-refractivity contribution in [3.05, 3.63) is 40.6 Å². The molecule has 0 radical (unpaired) electrons. The number of phenols is 1. The van der Waals surface area contributed by atoms with Crippen molar-refractivity contribution in [3.8, 4) is 5.75 Å². The van der Waals surface area contributed by atoms with E-state index in [-0.39, 0.29) is 11.7 Å². The van der Waals surface area contributed by atoms with E-state index in [0.29, 0.717) is 16.9 Å². The van der Waals surface area contributed by atoms with Crippen molar-refractivity contribution in [2.75, 3.05) is 11.1 Å². The topological polar surface area (TPSA) is 75.3 Å². The fourth-order valence-corrected chi connectivity index (χ4v) is 1.89. The van der Waals surface area contributed by atoms with Crippen LogP contribution in [-0.4, -0.2) is 11.0 Å². The van der Waals surface area contributed by atoms with Crippen molar-refractivity contribution < 1.29 is 9.90 Å². The Kier molecular flexibility index (Phi) is 2.78. The molecular formula is C11H10N2O2S. The summed E-state index contributed by atoms with van der Waals surface area (Å²) in [6.07, 6.45) is 0. The van der Waals surface area contributed by atoms with E-state index in [1.807, 2.05) is 5.38 Å². The van der Waals surface area contributed by atoms with Crippen molar-refractivity contribution >= 4 is 28.6 Å². The Hall–Kier alpha value is -2.01. The average molecular weight is 234 g/mol. The molecule has 0 saturated heterocycles. The average Bonchev–Trinajstić information content (AvgIpc) is 2.75. The minimum atomic E-state index is -0.210. The second-order valence-corrected chi connectivity index (χ2v) is 4.02. The Morgan fingerprint density at radius 3 is 2.81 bits per heavy atom. The third-order valence-corrected chi connectivity index (χ3v) is 2.75. The first-order chi connectivity index (χ1) is 7.66. The molecule has 1 aromatic carbocycles. The number of amides is 1. The van der Waals surface area contributed by atoms with Gasteiger partial charge in [-0.15, -0.1) is 0 Å². The predicted octanol–water partition coefficient (Wildman–Crippen LogP) is 2.29. The van der Waals surface area contributed by atoms with Crippen LogP contribution in [0.3, 0.4) is 0 Å². The van der Waals surface area contributed by atoms with Crippen LogP contribution in [0, 0.1) is 0 Å². The Balaban J connectivity index is 2.18. The summed E-state index contributed by atoms with van der Waals surface area (Å²) >= 11 is 1.45. The lowest BCUT2D eigenvalue weighted by Gasteiger charge is -2.07. The Bertz CT molecular complexity index is 509. The second-order valence-electron chi connectivity index (χ2n) is 3.24. The fourth-order valence-electron chi connectivity index (χ4n) is 1.25. The van der Waals surface area contributed by atoms with Crippen LogP contribution in [0.1, 0.15) is 10.4 Å². The van der Waals surface area contributed by atoms with Crippen LogP contribution >= 0.6 is 11.3 Å². The number of nitrogens with two attached hydrogens (primary N) is 1.